The van der Waals surface area contributed by atoms with Crippen LogP contribution in [0.1, 0.15) is 5.56 Å². The molecule has 7 heteroatoms. The van der Waals surface area contributed by atoms with Gasteiger partial charge in [0.1, 0.15) is 6.61 Å². The van der Waals surface area contributed by atoms with Crippen molar-refractivity contribution in [2.45, 2.75) is 6.61 Å². The van der Waals surface area contributed by atoms with Crippen LogP contribution in [0.5, 0.6) is 6.01 Å². The topological polar surface area (TPSA) is 73.5 Å². The molecule has 0 aliphatic carbocycles. The van der Waals surface area contributed by atoms with Crippen molar-refractivity contribution in [3.05, 3.63) is 41.8 Å². The molecule has 0 saturated carbocycles. The van der Waals surface area contributed by atoms with Crippen molar-refractivity contribution in [3.8, 4) is 6.01 Å². The van der Waals surface area contributed by atoms with Gasteiger partial charge in [0.05, 0.1) is 19.4 Å². The smallest absolute Gasteiger partial charge is 0.318 e. The summed E-state index contributed by atoms with van der Waals surface area (Å²) in [6, 6.07) is 8.03. The van der Waals surface area contributed by atoms with E-state index in [9.17, 15) is 4.39 Å². The molecule has 1 aromatic heterocycles. The summed E-state index contributed by atoms with van der Waals surface area (Å²) in [5.74, 6) is -0.868. The van der Waals surface area contributed by atoms with E-state index in [1.165, 1.54) is 0 Å². The molecule has 2 aromatic rings. The zero-order chi connectivity index (χ0) is 15.4. The first-order valence-electron chi connectivity index (χ1n) is 7.05. The molecule has 1 aliphatic heterocycles. The molecule has 2 N–H and O–H groups in total. The number of nitrogens with zero attached hydrogens (tertiary/aromatic N) is 3. The van der Waals surface area contributed by atoms with E-state index in [0.717, 1.165) is 30.5 Å². The Morgan fingerprint density at radius 3 is 2.82 bits per heavy atom. The lowest BCUT2D eigenvalue weighted by molar-refractivity contribution is 0.122. The van der Waals surface area contributed by atoms with E-state index >= 15 is 0 Å². The molecule has 0 amide bonds. The van der Waals surface area contributed by atoms with E-state index < -0.39 is 5.82 Å². The number of aromatic nitrogens is 2. The molecule has 3 rings (SSSR count). The van der Waals surface area contributed by atoms with Crippen molar-refractivity contribution in [2.75, 3.05) is 36.9 Å². The largest absolute Gasteiger partial charge is 0.458 e. The Morgan fingerprint density at radius 2 is 2.05 bits per heavy atom. The molecule has 0 bridgehead atoms. The SMILES string of the molecule is Nc1nc(OCc2ccccc2N2CCOCC2)ncc1F. The molecule has 6 nitrogen and oxygen atoms in total. The molecule has 2 heterocycles. The van der Waals surface area contributed by atoms with Crippen LogP contribution in [0.25, 0.3) is 0 Å². The van der Waals surface area contributed by atoms with E-state index in [4.69, 9.17) is 15.2 Å². The number of nitrogen functional groups attached to an aromatic ring is 1. The number of benzene rings is 1. The highest BCUT2D eigenvalue weighted by Crippen LogP contribution is 2.22. The van der Waals surface area contributed by atoms with Crippen LogP contribution in [0.3, 0.4) is 0 Å². The Balaban J connectivity index is 1.73. The fourth-order valence-corrected chi connectivity index (χ4v) is 2.32. The molecule has 116 valence electrons. The Hall–Kier alpha value is -2.41. The maximum Gasteiger partial charge on any atom is 0.318 e. The van der Waals surface area contributed by atoms with Crippen LogP contribution in [0.4, 0.5) is 15.9 Å². The van der Waals surface area contributed by atoms with E-state index in [0.29, 0.717) is 19.8 Å². The van der Waals surface area contributed by atoms with Crippen LogP contribution in [-0.4, -0.2) is 36.3 Å². The summed E-state index contributed by atoms with van der Waals surface area (Å²) < 4.78 is 23.9. The number of hydrogen-bond acceptors (Lipinski definition) is 6. The highest BCUT2D eigenvalue weighted by atomic mass is 19.1. The number of hydrogen-bond donors (Lipinski definition) is 1. The van der Waals surface area contributed by atoms with Gasteiger partial charge in [-0.3, -0.25) is 0 Å². The number of rotatable bonds is 4. The minimum Gasteiger partial charge on any atom is -0.458 e. The second kappa shape index (κ2) is 6.57. The van der Waals surface area contributed by atoms with Crippen molar-refractivity contribution in [1.29, 1.82) is 0 Å². The van der Waals surface area contributed by atoms with Crippen LogP contribution in [0.15, 0.2) is 30.5 Å². The fraction of sp³-hybridized carbons (Fsp3) is 0.333. The lowest BCUT2D eigenvalue weighted by Crippen LogP contribution is -2.36. The number of para-hydroxylation sites is 1. The van der Waals surface area contributed by atoms with Crippen molar-refractivity contribution in [2.24, 2.45) is 0 Å². The minimum absolute atomic E-state index is 0.0654. The van der Waals surface area contributed by atoms with Crippen LogP contribution in [-0.2, 0) is 11.3 Å². The summed E-state index contributed by atoms with van der Waals surface area (Å²) in [5, 5.41) is 0. The third-order valence-electron chi connectivity index (χ3n) is 3.45. The summed E-state index contributed by atoms with van der Waals surface area (Å²) in [7, 11) is 0. The van der Waals surface area contributed by atoms with Gasteiger partial charge >= 0.3 is 6.01 Å². The molecule has 1 aliphatic rings. The molecule has 0 spiro atoms. The lowest BCUT2D eigenvalue weighted by atomic mass is 10.1. The Kier molecular flexibility index (Phi) is 4.34. The quantitative estimate of drug-likeness (QED) is 0.925. The van der Waals surface area contributed by atoms with Gasteiger partial charge in [-0.25, -0.2) is 9.37 Å². The van der Waals surface area contributed by atoms with Crippen molar-refractivity contribution in [3.63, 3.8) is 0 Å². The summed E-state index contributed by atoms with van der Waals surface area (Å²) in [6.45, 7) is 3.41. The van der Waals surface area contributed by atoms with Crippen molar-refractivity contribution >= 4 is 11.5 Å². The second-order valence-electron chi connectivity index (χ2n) is 4.90. The monoisotopic (exact) mass is 304 g/mol. The van der Waals surface area contributed by atoms with E-state index in [1.807, 2.05) is 24.3 Å². The normalized spacial score (nSPS) is 14.9. The Labute approximate surface area is 127 Å². The van der Waals surface area contributed by atoms with Crippen LogP contribution < -0.4 is 15.4 Å². The molecule has 0 radical (unpaired) electrons. The summed E-state index contributed by atoms with van der Waals surface area (Å²) >= 11 is 0. The molecule has 1 saturated heterocycles. The zero-order valence-electron chi connectivity index (χ0n) is 12.0. The predicted molar refractivity (Wildman–Crippen MR) is 80.2 cm³/mol. The molecule has 1 fully saturated rings. The predicted octanol–water partition coefficient (Wildman–Crippen LogP) is 1.61. The Bertz CT molecular complexity index is 647. The lowest BCUT2D eigenvalue weighted by Gasteiger charge is -2.30. The molecular weight excluding hydrogens is 287 g/mol. The average Bonchev–Trinajstić information content (AvgIpc) is 2.57. The van der Waals surface area contributed by atoms with Crippen LogP contribution in [0.2, 0.25) is 0 Å². The highest BCUT2D eigenvalue weighted by molar-refractivity contribution is 5.53. The number of morpholine rings is 1. The van der Waals surface area contributed by atoms with Crippen LogP contribution in [0, 0.1) is 5.82 Å². The van der Waals surface area contributed by atoms with Crippen molar-refractivity contribution < 1.29 is 13.9 Å². The maximum atomic E-state index is 13.0. The maximum absolute atomic E-state index is 13.0. The van der Waals surface area contributed by atoms with Gasteiger partial charge in [-0.05, 0) is 6.07 Å². The Morgan fingerprint density at radius 1 is 1.27 bits per heavy atom. The van der Waals surface area contributed by atoms with Gasteiger partial charge in [-0.1, -0.05) is 18.2 Å². The summed E-state index contributed by atoms with van der Waals surface area (Å²) in [4.78, 5) is 9.79. The van der Waals surface area contributed by atoms with Crippen molar-refractivity contribution in [1.82, 2.24) is 9.97 Å². The van der Waals surface area contributed by atoms with E-state index in [1.54, 1.807) is 0 Å². The standard InChI is InChI=1S/C15H17FN4O2/c16-12-9-18-15(19-14(12)17)22-10-11-3-1-2-4-13(11)20-5-7-21-8-6-20/h1-4,9H,5-8,10H2,(H2,17,18,19). The van der Waals surface area contributed by atoms with Gasteiger partial charge in [-0.15, -0.1) is 0 Å². The first-order chi connectivity index (χ1) is 10.7. The average molecular weight is 304 g/mol. The zero-order valence-corrected chi connectivity index (χ0v) is 12.0. The van der Waals surface area contributed by atoms with Crippen LogP contribution >= 0.6 is 0 Å². The van der Waals surface area contributed by atoms with Gasteiger partial charge in [-0.2, -0.15) is 4.98 Å². The van der Waals surface area contributed by atoms with Gasteiger partial charge in [0, 0.05) is 24.3 Å². The molecule has 22 heavy (non-hydrogen) atoms. The fourth-order valence-electron chi connectivity index (χ4n) is 2.32. The highest BCUT2D eigenvalue weighted by Gasteiger charge is 2.15. The minimum atomic E-state index is -0.652. The summed E-state index contributed by atoms with van der Waals surface area (Å²) in [6.07, 6.45) is 1.01. The first kappa shape index (κ1) is 14.5. The number of anilines is 2. The molecule has 0 unspecified atom stereocenters. The van der Waals surface area contributed by atoms with Gasteiger partial charge in [0.25, 0.3) is 0 Å². The van der Waals surface area contributed by atoms with Gasteiger partial charge in [0.2, 0.25) is 0 Å². The number of ether oxygens (including phenoxy) is 2. The second-order valence-corrected chi connectivity index (χ2v) is 4.90. The molecule has 1 aromatic carbocycles. The molecular formula is C15H17FN4O2. The summed E-state index contributed by atoms with van der Waals surface area (Å²) in [5.41, 5.74) is 7.52. The van der Waals surface area contributed by atoms with E-state index in [-0.39, 0.29) is 11.8 Å². The van der Waals surface area contributed by atoms with Gasteiger partial charge in [0.15, 0.2) is 11.6 Å². The third-order valence-corrected chi connectivity index (χ3v) is 3.45. The molecule has 0 atom stereocenters. The van der Waals surface area contributed by atoms with Gasteiger partial charge < -0.3 is 20.1 Å². The number of nitrogens with two attached hydrogens (primary N) is 1. The number of halogens is 1. The van der Waals surface area contributed by atoms with E-state index in [2.05, 4.69) is 14.9 Å². The first-order valence-corrected chi connectivity index (χ1v) is 7.05. The third kappa shape index (κ3) is 3.25.